The van der Waals surface area contributed by atoms with E-state index in [4.69, 9.17) is 4.74 Å². The third-order valence-corrected chi connectivity index (χ3v) is 4.09. The Balaban J connectivity index is 1.90. The first-order valence-electron chi connectivity index (χ1n) is 8.17. The van der Waals surface area contributed by atoms with E-state index >= 15 is 0 Å². The molecule has 7 heteroatoms. The molecule has 0 aliphatic carbocycles. The summed E-state index contributed by atoms with van der Waals surface area (Å²) in [5, 5.41) is 12.1. The number of benzene rings is 1. The molecule has 1 aliphatic heterocycles. The molecule has 1 amide bonds. The standard InChI is InChI=1S/C17H24F2N2O3/c1-2-13-5-3-4-6-15(13)17(18,19)16(23)20-11-14(22)12-21-7-9-24-10-8-21/h3-6,14,22H,2,7-12H2,1H3,(H,20,23). The van der Waals surface area contributed by atoms with Crippen LogP contribution in [0.25, 0.3) is 0 Å². The molecule has 5 nitrogen and oxygen atoms in total. The number of hydrogen-bond acceptors (Lipinski definition) is 4. The van der Waals surface area contributed by atoms with Crippen LogP contribution in [0.15, 0.2) is 24.3 Å². The molecule has 1 aromatic rings. The van der Waals surface area contributed by atoms with Gasteiger partial charge in [-0.2, -0.15) is 8.78 Å². The van der Waals surface area contributed by atoms with Gasteiger partial charge in [0.25, 0.3) is 5.91 Å². The normalized spacial score (nSPS) is 17.5. The maximum atomic E-state index is 14.4. The van der Waals surface area contributed by atoms with Crippen LogP contribution in [-0.2, 0) is 21.9 Å². The Morgan fingerprint density at radius 1 is 1.38 bits per heavy atom. The number of ether oxygens (including phenoxy) is 1. The van der Waals surface area contributed by atoms with E-state index in [-0.39, 0.29) is 12.1 Å². The Morgan fingerprint density at radius 3 is 2.71 bits per heavy atom. The van der Waals surface area contributed by atoms with Gasteiger partial charge in [-0.1, -0.05) is 31.2 Å². The lowest BCUT2D eigenvalue weighted by atomic mass is 9.99. The average molecular weight is 342 g/mol. The Morgan fingerprint density at radius 2 is 2.04 bits per heavy atom. The van der Waals surface area contributed by atoms with E-state index in [0.717, 1.165) is 0 Å². The molecule has 2 N–H and O–H groups in total. The van der Waals surface area contributed by atoms with Gasteiger partial charge in [-0.25, -0.2) is 0 Å². The number of nitrogens with zero attached hydrogens (tertiary/aromatic N) is 1. The number of morpholine rings is 1. The van der Waals surface area contributed by atoms with Crippen molar-refractivity contribution in [3.63, 3.8) is 0 Å². The van der Waals surface area contributed by atoms with Gasteiger partial charge in [0.15, 0.2) is 0 Å². The first-order valence-corrected chi connectivity index (χ1v) is 8.17. The van der Waals surface area contributed by atoms with Crippen molar-refractivity contribution in [2.45, 2.75) is 25.4 Å². The molecule has 0 aromatic heterocycles. The molecule has 0 spiro atoms. The fourth-order valence-corrected chi connectivity index (χ4v) is 2.73. The monoisotopic (exact) mass is 342 g/mol. The first kappa shape index (κ1) is 18.8. The number of nitrogens with one attached hydrogen (secondary N) is 1. The van der Waals surface area contributed by atoms with E-state index in [1.165, 1.54) is 12.1 Å². The van der Waals surface area contributed by atoms with Crippen molar-refractivity contribution in [2.75, 3.05) is 39.4 Å². The van der Waals surface area contributed by atoms with Gasteiger partial charge >= 0.3 is 5.92 Å². The number of rotatable bonds is 7. The molecule has 1 atom stereocenters. The Kier molecular flexibility index (Phi) is 6.65. The van der Waals surface area contributed by atoms with E-state index < -0.39 is 17.9 Å². The number of aliphatic hydroxyl groups is 1. The van der Waals surface area contributed by atoms with Gasteiger partial charge in [0.2, 0.25) is 0 Å². The minimum atomic E-state index is -3.62. The molecule has 0 saturated carbocycles. The summed E-state index contributed by atoms with van der Waals surface area (Å²) in [6.45, 7) is 4.42. The maximum Gasteiger partial charge on any atom is 0.350 e. The van der Waals surface area contributed by atoms with Crippen molar-refractivity contribution in [1.29, 1.82) is 0 Å². The molecule has 1 heterocycles. The second-order valence-electron chi connectivity index (χ2n) is 5.86. The molecule has 134 valence electrons. The summed E-state index contributed by atoms with van der Waals surface area (Å²) in [5.41, 5.74) is 0.152. The summed E-state index contributed by atoms with van der Waals surface area (Å²) in [5.74, 6) is -5.00. The highest BCUT2D eigenvalue weighted by atomic mass is 19.3. The van der Waals surface area contributed by atoms with Crippen LogP contribution in [0, 0.1) is 0 Å². The number of alkyl halides is 2. The van der Waals surface area contributed by atoms with Gasteiger partial charge in [0.05, 0.1) is 19.3 Å². The van der Waals surface area contributed by atoms with Gasteiger partial charge in [-0.15, -0.1) is 0 Å². The average Bonchev–Trinajstić information content (AvgIpc) is 2.60. The quantitative estimate of drug-likeness (QED) is 0.780. The summed E-state index contributed by atoms with van der Waals surface area (Å²) < 4.78 is 34.0. The Bertz CT molecular complexity index is 548. The summed E-state index contributed by atoms with van der Waals surface area (Å²) in [7, 11) is 0. The lowest BCUT2D eigenvalue weighted by Crippen LogP contribution is -2.47. The zero-order valence-electron chi connectivity index (χ0n) is 13.8. The molecule has 0 bridgehead atoms. The summed E-state index contributed by atoms with van der Waals surface area (Å²) in [6.07, 6.45) is -0.483. The van der Waals surface area contributed by atoms with Gasteiger partial charge in [0.1, 0.15) is 0 Å². The van der Waals surface area contributed by atoms with Gasteiger partial charge in [0, 0.05) is 31.7 Å². The van der Waals surface area contributed by atoms with E-state index in [0.29, 0.717) is 44.8 Å². The third-order valence-electron chi connectivity index (χ3n) is 4.09. The lowest BCUT2D eigenvalue weighted by molar-refractivity contribution is -0.147. The van der Waals surface area contributed by atoms with E-state index in [2.05, 4.69) is 5.32 Å². The minimum absolute atomic E-state index is 0.208. The zero-order valence-corrected chi connectivity index (χ0v) is 13.8. The fourth-order valence-electron chi connectivity index (χ4n) is 2.73. The molecule has 2 rings (SSSR count). The van der Waals surface area contributed by atoms with Crippen molar-refractivity contribution in [1.82, 2.24) is 10.2 Å². The lowest BCUT2D eigenvalue weighted by Gasteiger charge is -2.28. The minimum Gasteiger partial charge on any atom is -0.390 e. The highest BCUT2D eigenvalue weighted by Crippen LogP contribution is 2.31. The topological polar surface area (TPSA) is 61.8 Å². The third kappa shape index (κ3) is 4.72. The first-order chi connectivity index (χ1) is 11.4. The highest BCUT2D eigenvalue weighted by Gasteiger charge is 2.42. The predicted octanol–water partition coefficient (Wildman–Crippen LogP) is 1.15. The van der Waals surface area contributed by atoms with E-state index in [9.17, 15) is 18.7 Å². The number of halogens is 2. The summed E-state index contributed by atoms with van der Waals surface area (Å²) in [6, 6.07) is 6.01. The van der Waals surface area contributed by atoms with E-state index in [1.54, 1.807) is 19.1 Å². The Labute approximate surface area is 140 Å². The number of hydrogen-bond donors (Lipinski definition) is 2. The van der Waals surface area contributed by atoms with Crippen molar-refractivity contribution in [3.05, 3.63) is 35.4 Å². The molecule has 1 unspecified atom stereocenters. The zero-order chi connectivity index (χ0) is 17.6. The number of carbonyl (C=O) groups is 1. The van der Waals surface area contributed by atoms with Crippen LogP contribution in [0.2, 0.25) is 0 Å². The molecule has 1 aliphatic rings. The van der Waals surface area contributed by atoms with Crippen LogP contribution < -0.4 is 5.32 Å². The van der Waals surface area contributed by atoms with Crippen molar-refractivity contribution < 1.29 is 23.4 Å². The Hall–Kier alpha value is -1.57. The molecule has 0 radical (unpaired) electrons. The van der Waals surface area contributed by atoms with Crippen molar-refractivity contribution in [2.24, 2.45) is 0 Å². The molecule has 1 fully saturated rings. The fraction of sp³-hybridized carbons (Fsp3) is 0.588. The second kappa shape index (κ2) is 8.50. The summed E-state index contributed by atoms with van der Waals surface area (Å²) >= 11 is 0. The number of carbonyl (C=O) groups excluding carboxylic acids is 1. The van der Waals surface area contributed by atoms with Gasteiger partial charge < -0.3 is 15.2 Å². The van der Waals surface area contributed by atoms with Gasteiger partial charge in [-0.3, -0.25) is 9.69 Å². The molecule has 24 heavy (non-hydrogen) atoms. The number of amides is 1. The van der Waals surface area contributed by atoms with Gasteiger partial charge in [-0.05, 0) is 12.0 Å². The van der Waals surface area contributed by atoms with Crippen molar-refractivity contribution >= 4 is 5.91 Å². The van der Waals surface area contributed by atoms with Crippen LogP contribution in [0.1, 0.15) is 18.1 Å². The number of aryl methyl sites for hydroxylation is 1. The number of β-amino-alcohol motifs (C(OH)–C–C–N with tert-alkyl or cyclic N) is 1. The number of aliphatic hydroxyl groups excluding tert-OH is 1. The molecule has 1 aromatic carbocycles. The largest absolute Gasteiger partial charge is 0.390 e. The van der Waals surface area contributed by atoms with Crippen molar-refractivity contribution in [3.8, 4) is 0 Å². The maximum absolute atomic E-state index is 14.4. The molecular formula is C17H24F2N2O3. The SMILES string of the molecule is CCc1ccccc1C(F)(F)C(=O)NCC(O)CN1CCOCC1. The highest BCUT2D eigenvalue weighted by molar-refractivity contribution is 5.85. The van der Waals surface area contributed by atoms with Crippen LogP contribution in [0.3, 0.4) is 0 Å². The van der Waals surface area contributed by atoms with Crippen LogP contribution in [0.4, 0.5) is 8.78 Å². The molecular weight excluding hydrogens is 318 g/mol. The van der Waals surface area contributed by atoms with E-state index in [1.807, 2.05) is 4.90 Å². The smallest absolute Gasteiger partial charge is 0.350 e. The van der Waals surface area contributed by atoms with Crippen LogP contribution in [-0.4, -0.2) is 61.4 Å². The summed E-state index contributed by atoms with van der Waals surface area (Å²) in [4.78, 5) is 13.9. The van der Waals surface area contributed by atoms with Crippen LogP contribution >= 0.6 is 0 Å². The van der Waals surface area contributed by atoms with Crippen LogP contribution in [0.5, 0.6) is 0 Å². The molecule has 1 saturated heterocycles. The second-order valence-corrected chi connectivity index (χ2v) is 5.86. The predicted molar refractivity (Wildman–Crippen MR) is 86.0 cm³/mol.